The van der Waals surface area contributed by atoms with E-state index in [2.05, 4.69) is 28.7 Å². The van der Waals surface area contributed by atoms with Gasteiger partial charge in [0, 0.05) is 13.7 Å². The molecule has 1 aromatic carbocycles. The van der Waals surface area contributed by atoms with Crippen molar-refractivity contribution in [2.75, 3.05) is 20.3 Å². The maximum absolute atomic E-state index is 5.58. The number of methoxy groups -OCH3 is 1. The zero-order valence-electron chi connectivity index (χ0n) is 8.78. The van der Waals surface area contributed by atoms with E-state index in [1.807, 2.05) is 30.3 Å². The summed E-state index contributed by atoms with van der Waals surface area (Å²) in [4.78, 5) is 0. The van der Waals surface area contributed by atoms with Crippen LogP contribution in [0.2, 0.25) is 0 Å². The fraction of sp³-hybridized carbons (Fsp3) is 0.333. The molecule has 0 aromatic heterocycles. The lowest BCUT2D eigenvalue weighted by Crippen LogP contribution is -1.95. The van der Waals surface area contributed by atoms with E-state index in [9.17, 15) is 0 Å². The maximum atomic E-state index is 5.58. The normalized spacial score (nSPS) is 10.8. The average Bonchev–Trinajstić information content (AvgIpc) is 2.25. The number of hydrogen-bond acceptors (Lipinski definition) is 2. The van der Waals surface area contributed by atoms with E-state index in [0.717, 1.165) is 22.3 Å². The van der Waals surface area contributed by atoms with Gasteiger partial charge < -0.3 is 9.47 Å². The van der Waals surface area contributed by atoms with E-state index in [4.69, 9.17) is 9.47 Å². The van der Waals surface area contributed by atoms with Crippen LogP contribution in [0.3, 0.4) is 0 Å². The molecule has 0 fully saturated rings. The summed E-state index contributed by atoms with van der Waals surface area (Å²) in [6, 6.07) is 7.99. The van der Waals surface area contributed by atoms with Gasteiger partial charge in [-0.15, -0.1) is 0 Å². The molecule has 0 aliphatic heterocycles. The van der Waals surface area contributed by atoms with Crippen LogP contribution in [0.5, 0.6) is 5.75 Å². The predicted octanol–water partition coefficient (Wildman–Crippen LogP) is 3.26. The molecular formula is C12H15IO2. The summed E-state index contributed by atoms with van der Waals surface area (Å²) in [6.45, 7) is 1.38. The summed E-state index contributed by atoms with van der Waals surface area (Å²) in [7, 11) is 1.71. The second kappa shape index (κ2) is 7.70. The van der Waals surface area contributed by atoms with Crippen molar-refractivity contribution >= 4 is 22.6 Å². The van der Waals surface area contributed by atoms with Crippen molar-refractivity contribution in [1.82, 2.24) is 0 Å². The second-order valence-electron chi connectivity index (χ2n) is 2.99. The lowest BCUT2D eigenvalue weighted by atomic mass is 10.3. The molecule has 0 heterocycles. The van der Waals surface area contributed by atoms with Gasteiger partial charge in [-0.3, -0.25) is 0 Å². The van der Waals surface area contributed by atoms with Crippen LogP contribution in [0.4, 0.5) is 0 Å². The molecule has 82 valence electrons. The summed E-state index contributed by atoms with van der Waals surface area (Å²) in [5.41, 5.74) is 0. The molecule has 0 unspecified atom stereocenters. The second-order valence-corrected chi connectivity index (χ2v) is 4.16. The molecule has 0 spiro atoms. The van der Waals surface area contributed by atoms with E-state index < -0.39 is 0 Å². The SMILES string of the molecule is COCC/C=C/COc1ccccc1I. The fourth-order valence-corrected chi connectivity index (χ4v) is 1.61. The lowest BCUT2D eigenvalue weighted by molar-refractivity contribution is 0.204. The third-order valence-corrected chi connectivity index (χ3v) is 2.72. The van der Waals surface area contributed by atoms with Crippen molar-refractivity contribution in [1.29, 1.82) is 0 Å². The van der Waals surface area contributed by atoms with Gasteiger partial charge in [0.05, 0.1) is 3.57 Å². The Morgan fingerprint density at radius 3 is 2.80 bits per heavy atom. The number of halogens is 1. The highest BCUT2D eigenvalue weighted by molar-refractivity contribution is 14.1. The first kappa shape index (κ1) is 12.5. The van der Waals surface area contributed by atoms with Crippen molar-refractivity contribution in [3.63, 3.8) is 0 Å². The minimum Gasteiger partial charge on any atom is -0.488 e. The molecule has 1 rings (SSSR count). The zero-order chi connectivity index (χ0) is 10.9. The number of benzene rings is 1. The first-order valence-corrected chi connectivity index (χ1v) is 5.93. The van der Waals surface area contributed by atoms with Crippen molar-refractivity contribution in [3.05, 3.63) is 40.0 Å². The molecule has 0 aliphatic rings. The Morgan fingerprint density at radius 2 is 2.07 bits per heavy atom. The molecule has 0 aliphatic carbocycles. The summed E-state index contributed by atoms with van der Waals surface area (Å²) >= 11 is 2.27. The van der Waals surface area contributed by atoms with Gasteiger partial charge in [-0.05, 0) is 41.1 Å². The Balaban J connectivity index is 2.26. The van der Waals surface area contributed by atoms with Crippen LogP contribution in [-0.4, -0.2) is 20.3 Å². The summed E-state index contributed by atoms with van der Waals surface area (Å²) in [5.74, 6) is 0.939. The van der Waals surface area contributed by atoms with Gasteiger partial charge in [0.1, 0.15) is 12.4 Å². The minimum atomic E-state index is 0.615. The Morgan fingerprint density at radius 1 is 1.27 bits per heavy atom. The van der Waals surface area contributed by atoms with Crippen molar-refractivity contribution in [3.8, 4) is 5.75 Å². The molecular weight excluding hydrogens is 303 g/mol. The molecule has 1 aromatic rings. The monoisotopic (exact) mass is 318 g/mol. The third kappa shape index (κ3) is 5.18. The molecule has 0 bridgehead atoms. The minimum absolute atomic E-state index is 0.615. The number of rotatable bonds is 6. The highest BCUT2D eigenvalue weighted by atomic mass is 127. The van der Waals surface area contributed by atoms with Crippen molar-refractivity contribution < 1.29 is 9.47 Å². The van der Waals surface area contributed by atoms with Crippen molar-refractivity contribution in [2.24, 2.45) is 0 Å². The first-order valence-electron chi connectivity index (χ1n) is 4.86. The summed E-state index contributed by atoms with van der Waals surface area (Å²) < 4.78 is 11.7. The Bertz CT molecular complexity index is 310. The van der Waals surface area contributed by atoms with E-state index in [0.29, 0.717) is 6.61 Å². The van der Waals surface area contributed by atoms with E-state index in [1.54, 1.807) is 7.11 Å². The van der Waals surface area contributed by atoms with Gasteiger partial charge in [-0.25, -0.2) is 0 Å². The molecule has 0 saturated heterocycles. The topological polar surface area (TPSA) is 18.5 Å². The number of para-hydroxylation sites is 1. The molecule has 15 heavy (non-hydrogen) atoms. The molecule has 0 amide bonds. The number of hydrogen-bond donors (Lipinski definition) is 0. The summed E-state index contributed by atoms with van der Waals surface area (Å²) in [6.07, 6.45) is 5.02. The van der Waals surface area contributed by atoms with Crippen LogP contribution in [0.1, 0.15) is 6.42 Å². The lowest BCUT2D eigenvalue weighted by Gasteiger charge is -2.04. The third-order valence-electron chi connectivity index (χ3n) is 1.83. The van der Waals surface area contributed by atoms with Crippen LogP contribution in [0, 0.1) is 3.57 Å². The van der Waals surface area contributed by atoms with E-state index >= 15 is 0 Å². The molecule has 0 saturated carbocycles. The van der Waals surface area contributed by atoms with Gasteiger partial charge in [0.2, 0.25) is 0 Å². The number of ether oxygens (including phenoxy) is 2. The largest absolute Gasteiger partial charge is 0.488 e. The summed E-state index contributed by atoms with van der Waals surface area (Å²) in [5, 5.41) is 0. The van der Waals surface area contributed by atoms with Crippen LogP contribution < -0.4 is 4.74 Å². The zero-order valence-corrected chi connectivity index (χ0v) is 10.9. The van der Waals surface area contributed by atoms with Gasteiger partial charge in [0.25, 0.3) is 0 Å². The maximum Gasteiger partial charge on any atom is 0.133 e. The van der Waals surface area contributed by atoms with Gasteiger partial charge in [-0.1, -0.05) is 24.3 Å². The standard InChI is InChI=1S/C12H15IO2/c1-14-9-5-2-6-10-15-12-8-4-3-7-11(12)13/h2-4,6-8H,5,9-10H2,1H3/b6-2+. The van der Waals surface area contributed by atoms with Crippen LogP contribution in [-0.2, 0) is 4.74 Å². The first-order chi connectivity index (χ1) is 7.34. The van der Waals surface area contributed by atoms with E-state index in [1.165, 1.54) is 0 Å². The van der Waals surface area contributed by atoms with Crippen LogP contribution >= 0.6 is 22.6 Å². The van der Waals surface area contributed by atoms with Crippen LogP contribution in [0.25, 0.3) is 0 Å². The van der Waals surface area contributed by atoms with Gasteiger partial charge >= 0.3 is 0 Å². The van der Waals surface area contributed by atoms with E-state index in [-0.39, 0.29) is 0 Å². The molecule has 0 radical (unpaired) electrons. The Kier molecular flexibility index (Phi) is 6.43. The predicted molar refractivity (Wildman–Crippen MR) is 70.3 cm³/mol. The Labute approximate surface area is 104 Å². The Hall–Kier alpha value is -0.550. The highest BCUT2D eigenvalue weighted by Gasteiger charge is 1.96. The van der Waals surface area contributed by atoms with Crippen molar-refractivity contribution in [2.45, 2.75) is 6.42 Å². The molecule has 0 N–H and O–H groups in total. The quantitative estimate of drug-likeness (QED) is 0.455. The average molecular weight is 318 g/mol. The fourth-order valence-electron chi connectivity index (χ4n) is 1.07. The molecule has 3 heteroatoms. The highest BCUT2D eigenvalue weighted by Crippen LogP contribution is 2.19. The molecule has 0 atom stereocenters. The molecule has 2 nitrogen and oxygen atoms in total. The van der Waals surface area contributed by atoms with Gasteiger partial charge in [0.15, 0.2) is 0 Å². The smallest absolute Gasteiger partial charge is 0.133 e. The van der Waals surface area contributed by atoms with Gasteiger partial charge in [-0.2, -0.15) is 0 Å². The van der Waals surface area contributed by atoms with Crippen LogP contribution in [0.15, 0.2) is 36.4 Å².